The van der Waals surface area contributed by atoms with E-state index in [-0.39, 0.29) is 48.8 Å². The number of amides is 2. The number of hydrogen-bond donors (Lipinski definition) is 1. The van der Waals surface area contributed by atoms with E-state index in [1.165, 1.54) is 18.1 Å². The summed E-state index contributed by atoms with van der Waals surface area (Å²) in [5.41, 5.74) is -1.41. The van der Waals surface area contributed by atoms with Crippen molar-refractivity contribution in [3.63, 3.8) is 0 Å². The molecule has 3 atom stereocenters. The van der Waals surface area contributed by atoms with Crippen LogP contribution in [0.15, 0.2) is 24.0 Å². The summed E-state index contributed by atoms with van der Waals surface area (Å²) in [5.74, 6) is -2.23. The van der Waals surface area contributed by atoms with Crippen LogP contribution in [-0.2, 0) is 28.7 Å². The maximum Gasteiger partial charge on any atom is 0.306 e. The van der Waals surface area contributed by atoms with Gasteiger partial charge in [0, 0.05) is 17.5 Å². The molecular weight excluding hydrogens is 400 g/mol. The Morgan fingerprint density at radius 3 is 2.45 bits per heavy atom. The molecule has 1 aliphatic carbocycles. The van der Waals surface area contributed by atoms with Gasteiger partial charge in [-0.2, -0.15) is 0 Å². The largest absolute Gasteiger partial charge is 0.493 e. The fourth-order valence-electron chi connectivity index (χ4n) is 4.21. The van der Waals surface area contributed by atoms with Crippen LogP contribution in [-0.4, -0.2) is 60.3 Å². The highest BCUT2D eigenvalue weighted by Crippen LogP contribution is 2.46. The molecule has 0 aromatic heterocycles. The third-order valence-electron chi connectivity index (χ3n) is 5.49. The molecule has 0 radical (unpaired) electrons. The second-order valence-electron chi connectivity index (χ2n) is 9.48. The molecule has 0 bridgehead atoms. The van der Waals surface area contributed by atoms with Gasteiger partial charge in [-0.1, -0.05) is 19.9 Å². The lowest BCUT2D eigenvalue weighted by atomic mass is 9.73. The smallest absolute Gasteiger partial charge is 0.306 e. The van der Waals surface area contributed by atoms with E-state index in [2.05, 4.69) is 5.32 Å². The zero-order valence-electron chi connectivity index (χ0n) is 19.5. The Balaban J connectivity index is 2.49. The van der Waals surface area contributed by atoms with Gasteiger partial charge in [0.15, 0.2) is 5.76 Å². The number of nitrogens with zero attached hydrogens (tertiary/aromatic N) is 1. The minimum absolute atomic E-state index is 0.117. The quantitative estimate of drug-likeness (QED) is 0.615. The van der Waals surface area contributed by atoms with Crippen molar-refractivity contribution in [3.05, 3.63) is 24.0 Å². The first kappa shape index (κ1) is 24.6. The minimum atomic E-state index is -0.946. The molecule has 0 aromatic carbocycles. The highest BCUT2D eigenvalue weighted by Gasteiger charge is 2.55. The van der Waals surface area contributed by atoms with Crippen molar-refractivity contribution >= 4 is 23.6 Å². The van der Waals surface area contributed by atoms with Gasteiger partial charge in [0.2, 0.25) is 17.6 Å². The molecule has 2 amide bonds. The van der Waals surface area contributed by atoms with Gasteiger partial charge in [0.05, 0.1) is 26.1 Å². The summed E-state index contributed by atoms with van der Waals surface area (Å²) in [5, 5.41) is 2.96. The number of ketones is 1. The highest BCUT2D eigenvalue weighted by molar-refractivity contribution is 6.04. The van der Waals surface area contributed by atoms with Gasteiger partial charge < -0.3 is 19.7 Å². The van der Waals surface area contributed by atoms with Crippen LogP contribution >= 0.6 is 0 Å². The molecule has 1 fully saturated rings. The average Bonchev–Trinajstić information content (AvgIpc) is 2.88. The third kappa shape index (κ3) is 5.35. The normalized spacial score (nSPS) is 24.5. The van der Waals surface area contributed by atoms with E-state index in [1.54, 1.807) is 19.1 Å². The summed E-state index contributed by atoms with van der Waals surface area (Å²) < 4.78 is 10.3. The summed E-state index contributed by atoms with van der Waals surface area (Å²) in [6.45, 7) is 11.4. The van der Waals surface area contributed by atoms with Gasteiger partial charge in [0.1, 0.15) is 6.04 Å². The zero-order valence-corrected chi connectivity index (χ0v) is 19.5. The standard InChI is InChI=1S/C23H34N2O6/c1-8-31-18(27)11-15-21(29)25(19(14(2)3)20(28)24-22(4,5)6)13-23(15)10-9-16(26)17(12-23)30-7/h9-10,12,14-15,19H,8,11,13H2,1-7H3,(H,24,28)/t15-,19?,23+/m1/s1. The van der Waals surface area contributed by atoms with Gasteiger partial charge in [-0.25, -0.2) is 0 Å². The molecule has 2 rings (SSSR count). The molecule has 1 heterocycles. The van der Waals surface area contributed by atoms with Crippen molar-refractivity contribution in [3.8, 4) is 0 Å². The van der Waals surface area contributed by atoms with E-state index in [0.29, 0.717) is 0 Å². The summed E-state index contributed by atoms with van der Waals surface area (Å²) in [7, 11) is 1.39. The molecule has 1 N–H and O–H groups in total. The van der Waals surface area contributed by atoms with Crippen molar-refractivity contribution < 1.29 is 28.7 Å². The number of likely N-dealkylation sites (tertiary alicyclic amines) is 1. The van der Waals surface area contributed by atoms with Crippen molar-refractivity contribution in [1.82, 2.24) is 10.2 Å². The van der Waals surface area contributed by atoms with Crippen LogP contribution < -0.4 is 5.32 Å². The molecule has 31 heavy (non-hydrogen) atoms. The molecule has 1 unspecified atom stereocenters. The predicted molar refractivity (Wildman–Crippen MR) is 115 cm³/mol. The van der Waals surface area contributed by atoms with Crippen LogP contribution in [0.1, 0.15) is 48.0 Å². The van der Waals surface area contributed by atoms with Crippen LogP contribution in [0.5, 0.6) is 0 Å². The Bertz CT molecular complexity index is 807. The Morgan fingerprint density at radius 1 is 1.29 bits per heavy atom. The number of carbonyl (C=O) groups excluding carboxylic acids is 4. The van der Waals surface area contributed by atoms with Gasteiger partial charge in [-0.05, 0) is 45.8 Å². The first-order chi connectivity index (χ1) is 14.3. The number of esters is 1. The molecule has 8 heteroatoms. The van der Waals surface area contributed by atoms with Crippen LogP contribution in [0.2, 0.25) is 0 Å². The first-order valence-corrected chi connectivity index (χ1v) is 10.6. The summed E-state index contributed by atoms with van der Waals surface area (Å²) >= 11 is 0. The number of methoxy groups -OCH3 is 1. The van der Waals surface area contributed by atoms with Gasteiger partial charge >= 0.3 is 5.97 Å². The van der Waals surface area contributed by atoms with E-state index < -0.39 is 28.9 Å². The Kier molecular flexibility index (Phi) is 7.34. The molecule has 8 nitrogen and oxygen atoms in total. The molecule has 0 saturated carbocycles. The molecule has 2 aliphatic rings. The predicted octanol–water partition coefficient (Wildman–Crippen LogP) is 1.99. The maximum absolute atomic E-state index is 13.6. The SMILES string of the molecule is CCOC(=O)C[C@@H]1C(=O)N(C(C(=O)NC(C)(C)C)C(C)C)C[C@@]12C=CC(=O)C(OC)=C2. The van der Waals surface area contributed by atoms with Crippen molar-refractivity contribution in [1.29, 1.82) is 0 Å². The lowest BCUT2D eigenvalue weighted by molar-refractivity contribution is -0.148. The topological polar surface area (TPSA) is 102 Å². The van der Waals surface area contributed by atoms with Crippen LogP contribution in [0.4, 0.5) is 0 Å². The van der Waals surface area contributed by atoms with Gasteiger partial charge in [-0.15, -0.1) is 0 Å². The van der Waals surface area contributed by atoms with Crippen LogP contribution in [0.3, 0.4) is 0 Å². The molecule has 1 aliphatic heterocycles. The first-order valence-electron chi connectivity index (χ1n) is 10.6. The lowest BCUT2D eigenvalue weighted by Gasteiger charge is -2.34. The molecule has 1 spiro atoms. The number of allylic oxidation sites excluding steroid dienone is 1. The summed E-state index contributed by atoms with van der Waals surface area (Å²) in [6, 6.07) is -0.721. The number of nitrogens with one attached hydrogen (secondary N) is 1. The summed E-state index contributed by atoms with van der Waals surface area (Å²) in [6.07, 6.45) is 4.48. The number of hydrogen-bond acceptors (Lipinski definition) is 6. The fraction of sp³-hybridized carbons (Fsp3) is 0.652. The Hall–Kier alpha value is -2.64. The molecular formula is C23H34N2O6. The van der Waals surface area contributed by atoms with E-state index in [1.807, 2.05) is 34.6 Å². The van der Waals surface area contributed by atoms with Crippen molar-refractivity contribution in [2.75, 3.05) is 20.3 Å². The number of carbonyl (C=O) groups is 4. The van der Waals surface area contributed by atoms with Crippen molar-refractivity contribution in [2.45, 2.75) is 59.5 Å². The Labute approximate surface area is 184 Å². The monoisotopic (exact) mass is 434 g/mol. The van der Waals surface area contributed by atoms with E-state index in [9.17, 15) is 19.2 Å². The number of rotatable bonds is 7. The molecule has 0 aromatic rings. The maximum atomic E-state index is 13.6. The van der Waals surface area contributed by atoms with E-state index in [0.717, 1.165) is 0 Å². The second-order valence-corrected chi connectivity index (χ2v) is 9.48. The van der Waals surface area contributed by atoms with Crippen LogP contribution in [0.25, 0.3) is 0 Å². The molecule has 1 saturated heterocycles. The van der Waals surface area contributed by atoms with Crippen molar-refractivity contribution in [2.24, 2.45) is 17.3 Å². The lowest BCUT2D eigenvalue weighted by Crippen LogP contribution is -2.55. The summed E-state index contributed by atoms with van der Waals surface area (Å²) in [4.78, 5) is 52.6. The fourth-order valence-corrected chi connectivity index (χ4v) is 4.21. The Morgan fingerprint density at radius 2 is 1.94 bits per heavy atom. The minimum Gasteiger partial charge on any atom is -0.493 e. The van der Waals surface area contributed by atoms with Gasteiger partial charge in [-0.3, -0.25) is 19.2 Å². The molecule has 172 valence electrons. The van der Waals surface area contributed by atoms with Gasteiger partial charge in [0.25, 0.3) is 0 Å². The van der Waals surface area contributed by atoms with E-state index >= 15 is 0 Å². The third-order valence-corrected chi connectivity index (χ3v) is 5.49. The average molecular weight is 435 g/mol. The highest BCUT2D eigenvalue weighted by atomic mass is 16.5. The second kappa shape index (κ2) is 9.24. The van der Waals surface area contributed by atoms with Crippen LogP contribution in [0, 0.1) is 17.3 Å². The number of ether oxygens (including phenoxy) is 2. The zero-order chi connectivity index (χ0) is 23.6. The van der Waals surface area contributed by atoms with E-state index in [4.69, 9.17) is 9.47 Å².